The van der Waals surface area contributed by atoms with Crippen molar-refractivity contribution in [1.29, 1.82) is 0 Å². The van der Waals surface area contributed by atoms with Crippen molar-refractivity contribution in [2.75, 3.05) is 6.61 Å². The maximum absolute atomic E-state index is 5.94. The lowest BCUT2D eigenvalue weighted by Crippen LogP contribution is -2.16. The first-order valence-electron chi connectivity index (χ1n) is 10.5. The van der Waals surface area contributed by atoms with Crippen molar-refractivity contribution in [3.8, 4) is 11.4 Å². The molecule has 30 heavy (non-hydrogen) atoms. The van der Waals surface area contributed by atoms with E-state index in [0.717, 1.165) is 53.8 Å². The van der Waals surface area contributed by atoms with Gasteiger partial charge in [0.05, 0.1) is 12.6 Å². The van der Waals surface area contributed by atoms with Crippen LogP contribution in [0.1, 0.15) is 29.5 Å². The summed E-state index contributed by atoms with van der Waals surface area (Å²) in [4.78, 5) is 3.37. The van der Waals surface area contributed by atoms with E-state index in [1.54, 1.807) is 11.8 Å². The molecule has 6 heteroatoms. The molecule has 0 bridgehead atoms. The molecule has 0 aliphatic carbocycles. The highest BCUT2D eigenvalue weighted by Crippen LogP contribution is 2.32. The summed E-state index contributed by atoms with van der Waals surface area (Å²) >= 11 is 1.75. The van der Waals surface area contributed by atoms with Crippen molar-refractivity contribution in [3.05, 3.63) is 65.4 Å². The molecule has 2 aromatic carbocycles. The number of thioether (sulfide) groups is 1. The fourth-order valence-electron chi connectivity index (χ4n) is 4.31. The Hall–Kier alpha value is -2.57. The minimum Gasteiger partial charge on any atom is -0.376 e. The SMILES string of the molecule is Cc1cc(C)cc(CSc2nnc(-c3c[nH]c4ccccc34)n2CC2CCCO2)c1. The van der Waals surface area contributed by atoms with E-state index < -0.39 is 0 Å². The van der Waals surface area contributed by atoms with Crippen molar-refractivity contribution in [2.24, 2.45) is 0 Å². The Morgan fingerprint density at radius 3 is 2.77 bits per heavy atom. The normalized spacial score (nSPS) is 16.5. The second-order valence-electron chi connectivity index (χ2n) is 8.08. The molecule has 0 spiro atoms. The molecule has 1 fully saturated rings. The van der Waals surface area contributed by atoms with Crippen molar-refractivity contribution in [1.82, 2.24) is 19.7 Å². The number of H-pyrrole nitrogens is 1. The van der Waals surface area contributed by atoms with Gasteiger partial charge in [0.25, 0.3) is 0 Å². The molecular weight excluding hydrogens is 392 g/mol. The lowest BCUT2D eigenvalue weighted by molar-refractivity contribution is 0.0953. The lowest BCUT2D eigenvalue weighted by Gasteiger charge is -2.14. The largest absolute Gasteiger partial charge is 0.376 e. The van der Waals surface area contributed by atoms with E-state index in [1.165, 1.54) is 22.1 Å². The summed E-state index contributed by atoms with van der Waals surface area (Å²) in [5, 5.41) is 11.3. The van der Waals surface area contributed by atoms with E-state index in [4.69, 9.17) is 4.74 Å². The second kappa shape index (κ2) is 8.28. The molecule has 1 aliphatic heterocycles. The highest BCUT2D eigenvalue weighted by atomic mass is 32.2. The average Bonchev–Trinajstić information content (AvgIpc) is 3.46. The monoisotopic (exact) mass is 418 g/mol. The maximum Gasteiger partial charge on any atom is 0.191 e. The molecule has 5 rings (SSSR count). The van der Waals surface area contributed by atoms with E-state index in [9.17, 15) is 0 Å². The molecule has 154 valence electrons. The molecule has 5 nitrogen and oxygen atoms in total. The van der Waals surface area contributed by atoms with Crippen LogP contribution < -0.4 is 0 Å². The topological polar surface area (TPSA) is 55.7 Å². The van der Waals surface area contributed by atoms with E-state index in [-0.39, 0.29) is 6.10 Å². The summed E-state index contributed by atoms with van der Waals surface area (Å²) in [5.74, 6) is 1.78. The van der Waals surface area contributed by atoms with Crippen LogP contribution in [0.5, 0.6) is 0 Å². The van der Waals surface area contributed by atoms with Crippen LogP contribution >= 0.6 is 11.8 Å². The van der Waals surface area contributed by atoms with Crippen molar-refractivity contribution >= 4 is 22.7 Å². The number of aromatic amines is 1. The fourth-order valence-corrected chi connectivity index (χ4v) is 5.19. The predicted molar refractivity (Wildman–Crippen MR) is 122 cm³/mol. The first kappa shape index (κ1) is 19.4. The number of ether oxygens (including phenoxy) is 1. The van der Waals surface area contributed by atoms with Gasteiger partial charge in [-0.15, -0.1) is 10.2 Å². The quantitative estimate of drug-likeness (QED) is 0.419. The Kier molecular flexibility index (Phi) is 5.35. The third kappa shape index (κ3) is 3.89. The van der Waals surface area contributed by atoms with Crippen LogP contribution in [0.15, 0.2) is 53.8 Å². The van der Waals surface area contributed by atoms with Crippen molar-refractivity contribution in [3.63, 3.8) is 0 Å². The van der Waals surface area contributed by atoms with Crippen molar-refractivity contribution < 1.29 is 4.74 Å². The fraction of sp³-hybridized carbons (Fsp3) is 0.333. The van der Waals surface area contributed by atoms with Crippen LogP contribution in [0, 0.1) is 13.8 Å². The number of nitrogens with zero attached hydrogens (tertiary/aromatic N) is 3. The highest BCUT2D eigenvalue weighted by molar-refractivity contribution is 7.98. The molecule has 3 heterocycles. The number of hydrogen-bond acceptors (Lipinski definition) is 4. The molecule has 0 saturated carbocycles. The van der Waals surface area contributed by atoms with Gasteiger partial charge >= 0.3 is 0 Å². The minimum atomic E-state index is 0.227. The predicted octanol–water partition coefficient (Wildman–Crippen LogP) is 5.51. The summed E-state index contributed by atoms with van der Waals surface area (Å²) in [6.45, 7) is 5.93. The first-order chi connectivity index (χ1) is 14.7. The summed E-state index contributed by atoms with van der Waals surface area (Å²) in [6.07, 6.45) is 4.48. The Bertz CT molecular complexity index is 1150. The van der Waals surface area contributed by atoms with Gasteiger partial charge in [0.2, 0.25) is 0 Å². The molecule has 2 aromatic heterocycles. The van der Waals surface area contributed by atoms with E-state index >= 15 is 0 Å². The van der Waals surface area contributed by atoms with Gasteiger partial charge in [0.15, 0.2) is 11.0 Å². The standard InChI is InChI=1S/C24H26N4OS/c1-16-10-17(2)12-18(11-16)15-30-24-27-26-23(28(24)14-19-6-5-9-29-19)21-13-25-22-8-4-3-7-20(21)22/h3-4,7-8,10-13,19,25H,5-6,9,14-15H2,1-2H3. The Balaban J connectivity index is 1.49. The van der Waals surface area contributed by atoms with E-state index in [2.05, 4.69) is 70.0 Å². The van der Waals surface area contributed by atoms with Crippen LogP contribution in [-0.2, 0) is 17.0 Å². The summed E-state index contributed by atoms with van der Waals surface area (Å²) < 4.78 is 8.19. The average molecular weight is 419 g/mol. The molecule has 1 saturated heterocycles. The zero-order valence-corrected chi connectivity index (χ0v) is 18.2. The molecule has 1 N–H and O–H groups in total. The number of hydrogen-bond donors (Lipinski definition) is 1. The summed E-state index contributed by atoms with van der Waals surface area (Å²) in [6, 6.07) is 15.1. The number of aryl methyl sites for hydroxylation is 2. The van der Waals surface area contributed by atoms with Gasteiger partial charge in [-0.1, -0.05) is 59.3 Å². The number of nitrogens with one attached hydrogen (secondary N) is 1. The minimum absolute atomic E-state index is 0.227. The van der Waals surface area contributed by atoms with Crippen LogP contribution in [-0.4, -0.2) is 32.5 Å². The molecule has 0 radical (unpaired) electrons. The van der Waals surface area contributed by atoms with E-state index in [0.29, 0.717) is 0 Å². The molecule has 4 aromatic rings. The molecular formula is C24H26N4OS. The maximum atomic E-state index is 5.94. The van der Waals surface area contributed by atoms with Crippen LogP contribution in [0.3, 0.4) is 0 Å². The third-order valence-corrected chi connectivity index (χ3v) is 6.64. The number of aromatic nitrogens is 4. The van der Waals surface area contributed by atoms with Gasteiger partial charge in [-0.05, 0) is 38.3 Å². The molecule has 0 amide bonds. The first-order valence-corrected chi connectivity index (χ1v) is 11.5. The lowest BCUT2D eigenvalue weighted by atomic mass is 10.1. The van der Waals surface area contributed by atoms with Gasteiger partial charge in [-0.25, -0.2) is 0 Å². The zero-order chi connectivity index (χ0) is 20.5. The summed E-state index contributed by atoms with van der Waals surface area (Å²) in [5.41, 5.74) is 6.12. The Morgan fingerprint density at radius 2 is 1.97 bits per heavy atom. The number of rotatable bonds is 6. The second-order valence-corrected chi connectivity index (χ2v) is 9.03. The number of fused-ring (bicyclic) bond motifs is 1. The molecule has 1 atom stereocenters. The van der Waals surface area contributed by atoms with Crippen molar-refractivity contribution in [2.45, 2.75) is 50.2 Å². The highest BCUT2D eigenvalue weighted by Gasteiger charge is 2.23. The smallest absolute Gasteiger partial charge is 0.191 e. The summed E-state index contributed by atoms with van der Waals surface area (Å²) in [7, 11) is 0. The number of benzene rings is 2. The van der Waals surface area contributed by atoms with Crippen LogP contribution in [0.2, 0.25) is 0 Å². The van der Waals surface area contributed by atoms with Gasteiger partial charge in [0.1, 0.15) is 0 Å². The molecule has 1 unspecified atom stereocenters. The third-order valence-electron chi connectivity index (χ3n) is 5.61. The molecule has 1 aliphatic rings. The van der Waals surface area contributed by atoms with Gasteiger partial charge < -0.3 is 9.72 Å². The van der Waals surface area contributed by atoms with Crippen LogP contribution in [0.25, 0.3) is 22.3 Å². The van der Waals surface area contributed by atoms with Gasteiger partial charge in [-0.3, -0.25) is 4.57 Å². The Labute approximate surface area is 180 Å². The number of para-hydroxylation sites is 1. The van der Waals surface area contributed by atoms with Gasteiger partial charge in [-0.2, -0.15) is 0 Å². The van der Waals surface area contributed by atoms with Crippen LogP contribution in [0.4, 0.5) is 0 Å². The Morgan fingerprint density at radius 1 is 1.13 bits per heavy atom. The van der Waals surface area contributed by atoms with Gasteiger partial charge in [0, 0.05) is 35.0 Å². The zero-order valence-electron chi connectivity index (χ0n) is 17.4. The van der Waals surface area contributed by atoms with E-state index in [1.807, 2.05) is 12.3 Å².